The maximum Gasteiger partial charge on any atom is 0.152 e. The normalized spacial score (nSPS) is 15.7. The molecule has 0 unspecified atom stereocenters. The lowest BCUT2D eigenvalue weighted by molar-refractivity contribution is 0.321. The van der Waals surface area contributed by atoms with Crippen molar-refractivity contribution in [2.45, 2.75) is 25.8 Å². The van der Waals surface area contributed by atoms with E-state index in [4.69, 9.17) is 4.98 Å². The van der Waals surface area contributed by atoms with Gasteiger partial charge in [-0.1, -0.05) is 12.5 Å². The summed E-state index contributed by atoms with van der Waals surface area (Å²) in [6.07, 6.45) is 6.24. The van der Waals surface area contributed by atoms with Crippen LogP contribution in [0, 0.1) is 5.92 Å². The molecule has 4 heteroatoms. The van der Waals surface area contributed by atoms with Gasteiger partial charge in [0, 0.05) is 26.3 Å². The van der Waals surface area contributed by atoms with Gasteiger partial charge in [-0.25, -0.2) is 4.98 Å². The van der Waals surface area contributed by atoms with E-state index in [-0.39, 0.29) is 0 Å². The predicted molar refractivity (Wildman–Crippen MR) is 78.6 cm³/mol. The monoisotopic (exact) mass is 258 g/mol. The minimum absolute atomic E-state index is 0.843. The van der Waals surface area contributed by atoms with E-state index in [1.807, 2.05) is 13.1 Å². The number of fused-ring (bicyclic) bond motifs is 1. The highest BCUT2D eigenvalue weighted by atomic mass is 15.2. The van der Waals surface area contributed by atoms with E-state index < -0.39 is 0 Å². The molecule has 0 radical (unpaired) electrons. The van der Waals surface area contributed by atoms with Crippen LogP contribution in [-0.4, -0.2) is 30.0 Å². The minimum Gasteiger partial charge on any atom is -0.358 e. The molecule has 0 aromatic carbocycles. The van der Waals surface area contributed by atoms with Crippen LogP contribution in [-0.2, 0) is 6.54 Å². The first-order valence-electron chi connectivity index (χ1n) is 7.11. The van der Waals surface area contributed by atoms with Gasteiger partial charge in [0.15, 0.2) is 5.82 Å². The largest absolute Gasteiger partial charge is 0.358 e. The summed E-state index contributed by atoms with van der Waals surface area (Å²) in [5.74, 6) is 1.98. The summed E-state index contributed by atoms with van der Waals surface area (Å²) >= 11 is 0. The number of rotatable bonds is 5. The van der Waals surface area contributed by atoms with Gasteiger partial charge in [0.1, 0.15) is 5.65 Å². The van der Waals surface area contributed by atoms with Crippen molar-refractivity contribution in [3.63, 3.8) is 0 Å². The summed E-state index contributed by atoms with van der Waals surface area (Å²) in [6.45, 7) is 1.97. The number of anilines is 1. The Morgan fingerprint density at radius 2 is 2.26 bits per heavy atom. The summed E-state index contributed by atoms with van der Waals surface area (Å²) in [7, 11) is 4.15. The predicted octanol–water partition coefficient (Wildman–Crippen LogP) is 2.29. The number of nitrogens with zero attached hydrogens (tertiary/aromatic N) is 3. The van der Waals surface area contributed by atoms with E-state index >= 15 is 0 Å². The summed E-state index contributed by atoms with van der Waals surface area (Å²) < 4.78 is 2.18. The molecular weight excluding hydrogens is 236 g/mol. The smallest absolute Gasteiger partial charge is 0.152 e. The summed E-state index contributed by atoms with van der Waals surface area (Å²) in [6, 6.07) is 6.17. The molecule has 1 aliphatic carbocycles. The van der Waals surface area contributed by atoms with E-state index in [2.05, 4.69) is 40.0 Å². The molecule has 0 saturated heterocycles. The zero-order chi connectivity index (χ0) is 13.2. The summed E-state index contributed by atoms with van der Waals surface area (Å²) in [5.41, 5.74) is 2.28. The minimum atomic E-state index is 0.843. The van der Waals surface area contributed by atoms with E-state index in [0.29, 0.717) is 0 Å². The zero-order valence-corrected chi connectivity index (χ0v) is 11.8. The third-order valence-electron chi connectivity index (χ3n) is 4.07. The second kappa shape index (κ2) is 5.21. The quantitative estimate of drug-likeness (QED) is 0.893. The van der Waals surface area contributed by atoms with Crippen LogP contribution in [0.2, 0.25) is 0 Å². The second-order valence-electron chi connectivity index (χ2n) is 5.52. The van der Waals surface area contributed by atoms with Gasteiger partial charge in [0.05, 0.1) is 5.69 Å². The van der Waals surface area contributed by atoms with Crippen LogP contribution in [0.1, 0.15) is 25.0 Å². The van der Waals surface area contributed by atoms with E-state index in [9.17, 15) is 0 Å². The van der Waals surface area contributed by atoms with Crippen molar-refractivity contribution in [2.24, 2.45) is 5.92 Å². The molecule has 1 N–H and O–H groups in total. The Hall–Kier alpha value is -1.55. The average molecular weight is 258 g/mol. The lowest BCUT2D eigenvalue weighted by Gasteiger charge is -2.30. The van der Waals surface area contributed by atoms with Crippen molar-refractivity contribution in [1.82, 2.24) is 14.7 Å². The molecule has 0 bridgehead atoms. The standard InChI is InChI=1S/C15H22N4/c1-16-10-13-15(18(2)11-12-6-5-7-12)17-14-8-3-4-9-19(13)14/h3-4,8-9,12,16H,5-7,10-11H2,1-2H3. The maximum atomic E-state index is 4.79. The number of nitrogens with one attached hydrogen (secondary N) is 1. The Kier molecular flexibility index (Phi) is 3.42. The summed E-state index contributed by atoms with van der Waals surface area (Å²) in [4.78, 5) is 7.11. The van der Waals surface area contributed by atoms with Crippen LogP contribution in [0.5, 0.6) is 0 Å². The number of hydrogen-bond acceptors (Lipinski definition) is 3. The molecule has 2 aromatic heterocycles. The molecule has 3 rings (SSSR count). The maximum absolute atomic E-state index is 4.79. The molecule has 1 aliphatic rings. The SMILES string of the molecule is CNCc1c(N(C)CC2CCC2)nc2ccccn12. The zero-order valence-electron chi connectivity index (χ0n) is 11.8. The fraction of sp³-hybridized carbons (Fsp3) is 0.533. The third kappa shape index (κ3) is 2.32. The number of hydrogen-bond donors (Lipinski definition) is 1. The molecule has 1 fully saturated rings. The fourth-order valence-electron chi connectivity index (χ4n) is 2.82. The molecular formula is C15H22N4. The van der Waals surface area contributed by atoms with Crippen LogP contribution in [0.15, 0.2) is 24.4 Å². The first-order valence-corrected chi connectivity index (χ1v) is 7.11. The molecule has 0 amide bonds. The van der Waals surface area contributed by atoms with Crippen LogP contribution in [0.3, 0.4) is 0 Å². The van der Waals surface area contributed by atoms with Crippen LogP contribution in [0.4, 0.5) is 5.82 Å². The molecule has 4 nitrogen and oxygen atoms in total. The van der Waals surface area contributed by atoms with Crippen LogP contribution >= 0.6 is 0 Å². The van der Waals surface area contributed by atoms with E-state index in [1.165, 1.54) is 25.0 Å². The van der Waals surface area contributed by atoms with Gasteiger partial charge in [-0.2, -0.15) is 0 Å². The summed E-state index contributed by atoms with van der Waals surface area (Å²) in [5, 5.41) is 3.25. The molecule has 0 aliphatic heterocycles. The first-order chi connectivity index (χ1) is 9.29. The molecule has 2 aromatic rings. The van der Waals surface area contributed by atoms with Crippen molar-refractivity contribution < 1.29 is 0 Å². The van der Waals surface area contributed by atoms with Gasteiger partial charge >= 0.3 is 0 Å². The van der Waals surface area contributed by atoms with Gasteiger partial charge in [0.2, 0.25) is 0 Å². The van der Waals surface area contributed by atoms with Crippen molar-refractivity contribution in [2.75, 3.05) is 25.5 Å². The van der Waals surface area contributed by atoms with E-state index in [0.717, 1.165) is 30.5 Å². The molecule has 0 atom stereocenters. The Bertz CT molecular complexity index is 556. The highest BCUT2D eigenvalue weighted by molar-refractivity contribution is 5.55. The van der Waals surface area contributed by atoms with Crippen LogP contribution in [0.25, 0.3) is 5.65 Å². The Labute approximate surface area is 114 Å². The van der Waals surface area contributed by atoms with Gasteiger partial charge in [-0.15, -0.1) is 0 Å². The van der Waals surface area contributed by atoms with E-state index in [1.54, 1.807) is 0 Å². The van der Waals surface area contributed by atoms with Crippen molar-refractivity contribution in [3.05, 3.63) is 30.1 Å². The van der Waals surface area contributed by atoms with Crippen LogP contribution < -0.4 is 10.2 Å². The van der Waals surface area contributed by atoms with Crippen molar-refractivity contribution in [3.8, 4) is 0 Å². The Morgan fingerprint density at radius 1 is 1.42 bits per heavy atom. The van der Waals surface area contributed by atoms with Gasteiger partial charge in [-0.05, 0) is 37.9 Å². The molecule has 1 saturated carbocycles. The van der Waals surface area contributed by atoms with Gasteiger partial charge < -0.3 is 14.6 Å². The number of aromatic nitrogens is 2. The third-order valence-corrected chi connectivity index (χ3v) is 4.07. The average Bonchev–Trinajstić information content (AvgIpc) is 2.74. The Balaban J connectivity index is 1.93. The second-order valence-corrected chi connectivity index (χ2v) is 5.52. The highest BCUT2D eigenvalue weighted by Crippen LogP contribution is 2.29. The fourth-order valence-corrected chi connectivity index (χ4v) is 2.82. The molecule has 19 heavy (non-hydrogen) atoms. The molecule has 0 spiro atoms. The lowest BCUT2D eigenvalue weighted by Crippen LogP contribution is -2.30. The van der Waals surface area contributed by atoms with Crippen molar-refractivity contribution in [1.29, 1.82) is 0 Å². The number of imidazole rings is 1. The topological polar surface area (TPSA) is 32.6 Å². The molecule has 102 valence electrons. The van der Waals surface area contributed by atoms with Crippen molar-refractivity contribution >= 4 is 11.5 Å². The Morgan fingerprint density at radius 3 is 2.95 bits per heavy atom. The van der Waals surface area contributed by atoms with Gasteiger partial charge in [0.25, 0.3) is 0 Å². The molecule has 2 heterocycles. The lowest BCUT2D eigenvalue weighted by atomic mass is 9.85. The number of pyridine rings is 1. The van der Waals surface area contributed by atoms with Gasteiger partial charge in [-0.3, -0.25) is 0 Å². The first kappa shape index (κ1) is 12.5. The highest BCUT2D eigenvalue weighted by Gasteiger charge is 2.22.